The molecule has 1 aromatic heterocycles. The summed E-state index contributed by atoms with van der Waals surface area (Å²) in [6.45, 7) is 3.48. The van der Waals surface area contributed by atoms with Crippen molar-refractivity contribution in [2.45, 2.75) is 51.6 Å². The lowest BCUT2D eigenvalue weighted by molar-refractivity contribution is -0.117. The number of nitrogens with zero attached hydrogens (tertiary/aromatic N) is 2. The molecule has 1 saturated carbocycles. The molecule has 2 aliphatic rings. The van der Waals surface area contributed by atoms with Crippen molar-refractivity contribution >= 4 is 33.2 Å². The number of rotatable bonds is 8. The van der Waals surface area contributed by atoms with Gasteiger partial charge in [-0.05, 0) is 74.4 Å². The van der Waals surface area contributed by atoms with Gasteiger partial charge in [0.2, 0.25) is 11.8 Å². The van der Waals surface area contributed by atoms with Crippen LogP contribution in [0.5, 0.6) is 0 Å². The lowest BCUT2D eigenvalue weighted by Crippen LogP contribution is -2.52. The molecule has 0 unspecified atom stereocenters. The van der Waals surface area contributed by atoms with E-state index in [4.69, 9.17) is 5.73 Å². The van der Waals surface area contributed by atoms with E-state index in [2.05, 4.69) is 10.3 Å². The number of sulfone groups is 1. The highest BCUT2D eigenvalue weighted by Crippen LogP contribution is 2.51. The van der Waals surface area contributed by atoms with Gasteiger partial charge >= 0.3 is 0 Å². The van der Waals surface area contributed by atoms with E-state index in [1.165, 1.54) is 6.26 Å². The van der Waals surface area contributed by atoms with E-state index in [0.29, 0.717) is 30.1 Å². The van der Waals surface area contributed by atoms with Crippen LogP contribution >= 0.6 is 0 Å². The van der Waals surface area contributed by atoms with E-state index < -0.39 is 15.7 Å². The minimum Gasteiger partial charge on any atom is -0.366 e. The van der Waals surface area contributed by atoms with Crippen molar-refractivity contribution in [1.82, 2.24) is 4.98 Å². The molecule has 0 bridgehead atoms. The second-order valence-corrected chi connectivity index (χ2v) is 11.8. The van der Waals surface area contributed by atoms with Gasteiger partial charge in [-0.15, -0.1) is 0 Å². The summed E-state index contributed by atoms with van der Waals surface area (Å²) >= 11 is 0. The average Bonchev–Trinajstić information content (AvgIpc) is 3.58. The molecule has 0 spiro atoms. The molecular weight excluding hydrogens is 452 g/mol. The van der Waals surface area contributed by atoms with Crippen LogP contribution in [0, 0.1) is 18.8 Å². The maximum Gasteiger partial charge on any atom is 0.248 e. The van der Waals surface area contributed by atoms with Crippen LogP contribution in [-0.2, 0) is 14.6 Å². The lowest BCUT2D eigenvalue weighted by atomic mass is 9.76. The van der Waals surface area contributed by atoms with Gasteiger partial charge in [-0.1, -0.05) is 6.07 Å². The van der Waals surface area contributed by atoms with Gasteiger partial charge in [0.1, 0.15) is 15.7 Å². The van der Waals surface area contributed by atoms with Crippen LogP contribution in [0.2, 0.25) is 0 Å². The van der Waals surface area contributed by atoms with E-state index in [-0.39, 0.29) is 29.7 Å². The van der Waals surface area contributed by atoms with Crippen molar-refractivity contribution in [1.29, 1.82) is 0 Å². The Kier molecular flexibility index (Phi) is 6.66. The summed E-state index contributed by atoms with van der Waals surface area (Å²) in [7, 11) is -3.11. The second kappa shape index (κ2) is 9.37. The van der Waals surface area contributed by atoms with Crippen LogP contribution in [0.3, 0.4) is 0 Å². The number of carbonyl (C=O) groups is 2. The first kappa shape index (κ1) is 24.2. The molecular formula is C25H32N4O4S. The Morgan fingerprint density at radius 3 is 2.53 bits per heavy atom. The van der Waals surface area contributed by atoms with Crippen molar-refractivity contribution in [3.05, 3.63) is 53.2 Å². The van der Waals surface area contributed by atoms with Crippen molar-refractivity contribution in [2.75, 3.05) is 22.2 Å². The molecule has 1 fully saturated rings. The number of nitrogens with two attached hydrogens (primary N) is 1. The van der Waals surface area contributed by atoms with Crippen LogP contribution in [0.15, 0.2) is 36.4 Å². The summed E-state index contributed by atoms with van der Waals surface area (Å²) in [5.74, 6) is 0.471. The molecule has 1 aliphatic heterocycles. The summed E-state index contributed by atoms with van der Waals surface area (Å²) < 4.78 is 23.7. The van der Waals surface area contributed by atoms with E-state index in [1.807, 2.05) is 30.0 Å². The third kappa shape index (κ3) is 5.24. The molecule has 182 valence electrons. The first-order valence-electron chi connectivity index (χ1n) is 11.7. The Morgan fingerprint density at radius 1 is 1.21 bits per heavy atom. The molecule has 1 aliphatic carbocycles. The van der Waals surface area contributed by atoms with Crippen LogP contribution in [0.4, 0.5) is 11.5 Å². The van der Waals surface area contributed by atoms with Gasteiger partial charge in [0.15, 0.2) is 0 Å². The highest BCUT2D eigenvalue weighted by atomic mass is 32.2. The minimum atomic E-state index is -3.11. The maximum absolute atomic E-state index is 12.9. The number of carbonyl (C=O) groups excluding carboxylic acids is 2. The van der Waals surface area contributed by atoms with Crippen LogP contribution in [0.1, 0.15) is 60.3 Å². The number of nitrogens with one attached hydrogen (secondary N) is 1. The van der Waals surface area contributed by atoms with Crippen LogP contribution in [0.25, 0.3) is 0 Å². The van der Waals surface area contributed by atoms with Gasteiger partial charge in [0.25, 0.3) is 0 Å². The Morgan fingerprint density at radius 2 is 1.94 bits per heavy atom. The third-order valence-electron chi connectivity index (χ3n) is 6.76. The molecule has 0 radical (unpaired) electrons. The highest BCUT2D eigenvalue weighted by molar-refractivity contribution is 7.90. The quantitative estimate of drug-likeness (QED) is 0.593. The predicted molar refractivity (Wildman–Crippen MR) is 132 cm³/mol. The fourth-order valence-corrected chi connectivity index (χ4v) is 5.91. The van der Waals surface area contributed by atoms with Crippen molar-refractivity contribution in [3.8, 4) is 0 Å². The van der Waals surface area contributed by atoms with Crippen molar-refractivity contribution < 1.29 is 18.0 Å². The molecule has 2 amide bonds. The molecule has 3 N–H and O–H groups in total. The van der Waals surface area contributed by atoms with Crippen LogP contribution in [-0.4, -0.2) is 43.3 Å². The summed E-state index contributed by atoms with van der Waals surface area (Å²) in [5, 5.41) is 3.56. The Balaban J connectivity index is 1.83. The highest BCUT2D eigenvalue weighted by Gasteiger charge is 2.49. The number of amides is 2. The number of hydrogen-bond donors (Lipinski definition) is 2. The fourth-order valence-electron chi connectivity index (χ4n) is 5.22. The maximum atomic E-state index is 12.9. The van der Waals surface area contributed by atoms with E-state index in [9.17, 15) is 18.0 Å². The number of aryl methyl sites for hydroxylation is 1. The van der Waals surface area contributed by atoms with Crippen LogP contribution < -0.4 is 16.0 Å². The topological polar surface area (TPSA) is 122 Å². The number of fused-ring (bicyclic) bond motifs is 1. The van der Waals surface area contributed by atoms with Gasteiger partial charge in [0, 0.05) is 47.8 Å². The zero-order valence-corrected chi connectivity index (χ0v) is 20.6. The smallest absolute Gasteiger partial charge is 0.248 e. The molecule has 8 nitrogen and oxygen atoms in total. The fraction of sp³-hybridized carbons (Fsp3) is 0.480. The third-order valence-corrected chi connectivity index (χ3v) is 7.79. The number of pyridine rings is 1. The first-order valence-corrected chi connectivity index (χ1v) is 13.7. The minimum absolute atomic E-state index is 0.0592. The van der Waals surface area contributed by atoms with E-state index in [1.54, 1.807) is 25.1 Å². The largest absolute Gasteiger partial charge is 0.366 e. The molecule has 2 heterocycles. The second-order valence-electron chi connectivity index (χ2n) is 9.58. The molecule has 3 atom stereocenters. The van der Waals surface area contributed by atoms with Crippen molar-refractivity contribution in [3.63, 3.8) is 0 Å². The molecule has 0 saturated heterocycles. The van der Waals surface area contributed by atoms with E-state index >= 15 is 0 Å². The lowest BCUT2D eigenvalue weighted by Gasteiger charge is -2.47. The Bertz CT molecular complexity index is 1210. The standard InChI is InChI=1S/C25H32N4O4S/c1-15-6-4-8-22(27-15)28-23-19(7-5-13-34(3,32)33)24(17-9-10-17)29(16(2)30)21-12-11-18(25(26)31)14-20(21)23/h4,6,8,11-12,14,17,19,23-24H,5,7,9-10,13H2,1-3H3,(H2,26,31)(H,27,28)/t19-,23-,24+/m1/s1. The number of benzene rings is 1. The zero-order valence-electron chi connectivity index (χ0n) is 19.8. The summed E-state index contributed by atoms with van der Waals surface area (Å²) in [6, 6.07) is 10.6. The number of anilines is 2. The molecule has 9 heteroatoms. The SMILES string of the molecule is CC(=O)N1c2ccc(C(N)=O)cc2[C@H](Nc2cccc(C)n2)[C@@H](CCCS(C)(=O)=O)[C@@H]1C1CC1. The van der Waals surface area contributed by atoms with Crippen molar-refractivity contribution in [2.24, 2.45) is 17.6 Å². The molecule has 4 rings (SSSR count). The van der Waals surface area contributed by atoms with Gasteiger partial charge in [-0.25, -0.2) is 13.4 Å². The van der Waals surface area contributed by atoms with Gasteiger partial charge < -0.3 is 16.0 Å². The Labute approximate surface area is 200 Å². The van der Waals surface area contributed by atoms with E-state index in [0.717, 1.165) is 29.8 Å². The normalized spacial score (nSPS) is 22.2. The summed E-state index contributed by atoms with van der Waals surface area (Å²) in [4.78, 5) is 31.4. The molecule has 34 heavy (non-hydrogen) atoms. The monoisotopic (exact) mass is 484 g/mol. The molecule has 2 aromatic rings. The van der Waals surface area contributed by atoms with Gasteiger partial charge in [-0.2, -0.15) is 0 Å². The summed E-state index contributed by atoms with van der Waals surface area (Å²) in [5.41, 5.74) is 8.39. The zero-order chi connectivity index (χ0) is 24.6. The Hall–Kier alpha value is -2.94. The van der Waals surface area contributed by atoms with Gasteiger partial charge in [-0.3, -0.25) is 9.59 Å². The number of aromatic nitrogens is 1. The average molecular weight is 485 g/mol. The predicted octanol–water partition coefficient (Wildman–Crippen LogP) is 3.23. The number of hydrogen-bond acceptors (Lipinski definition) is 6. The van der Waals surface area contributed by atoms with Gasteiger partial charge in [0.05, 0.1) is 6.04 Å². The summed E-state index contributed by atoms with van der Waals surface area (Å²) in [6.07, 6.45) is 4.40. The molecule has 1 aromatic carbocycles. The first-order chi connectivity index (χ1) is 16.0. The number of primary amides is 1.